The molecule has 3 nitrogen and oxygen atoms in total. The van der Waals surface area contributed by atoms with E-state index in [0.717, 1.165) is 33.7 Å². The van der Waals surface area contributed by atoms with Gasteiger partial charge < -0.3 is 0 Å². The molecule has 1 heterocycles. The third-order valence-electron chi connectivity index (χ3n) is 5.45. The van der Waals surface area contributed by atoms with Gasteiger partial charge in [-0.3, -0.25) is 10.2 Å². The summed E-state index contributed by atoms with van der Waals surface area (Å²) < 4.78 is 0. The number of benzene rings is 3. The van der Waals surface area contributed by atoms with Crippen molar-refractivity contribution < 1.29 is 4.79 Å². The van der Waals surface area contributed by atoms with E-state index in [2.05, 4.69) is 10.5 Å². The van der Waals surface area contributed by atoms with Crippen molar-refractivity contribution in [3.05, 3.63) is 111 Å². The average Bonchev–Trinajstić information content (AvgIpc) is 2.89. The first-order chi connectivity index (χ1) is 14.1. The van der Waals surface area contributed by atoms with Crippen molar-refractivity contribution in [1.82, 2.24) is 5.43 Å². The lowest BCUT2D eigenvalue weighted by Crippen LogP contribution is -2.14. The van der Waals surface area contributed by atoms with Gasteiger partial charge in [0.1, 0.15) is 0 Å². The van der Waals surface area contributed by atoms with Gasteiger partial charge in [-0.05, 0) is 35.4 Å². The molecule has 0 aromatic heterocycles. The molecule has 0 fully saturated rings. The quantitative estimate of drug-likeness (QED) is 0.547. The lowest BCUT2D eigenvalue weighted by Gasteiger charge is -2.18. The molecule has 1 aliphatic carbocycles. The number of nitrogens with zero attached hydrogens (tertiary/aromatic N) is 1. The van der Waals surface area contributed by atoms with Crippen LogP contribution in [0.2, 0.25) is 10.0 Å². The van der Waals surface area contributed by atoms with E-state index in [1.807, 2.05) is 72.8 Å². The fourth-order valence-electron chi connectivity index (χ4n) is 4.02. The van der Waals surface area contributed by atoms with Gasteiger partial charge in [-0.2, -0.15) is 5.10 Å². The lowest BCUT2D eigenvalue weighted by molar-refractivity contribution is 0.103. The van der Waals surface area contributed by atoms with E-state index < -0.39 is 0 Å². The zero-order valence-electron chi connectivity index (χ0n) is 15.3. The summed E-state index contributed by atoms with van der Waals surface area (Å²) in [5.74, 6) is -0.0813. The first-order valence-corrected chi connectivity index (χ1v) is 10.1. The number of Topliss-reactive ketones (excluding diaryl/α,β-unsaturated/α-hetero) is 1. The Morgan fingerprint density at radius 3 is 2.14 bits per heavy atom. The Labute approximate surface area is 178 Å². The number of ketones is 1. The van der Waals surface area contributed by atoms with Crippen LogP contribution in [0.4, 0.5) is 0 Å². The van der Waals surface area contributed by atoms with E-state index in [1.54, 1.807) is 0 Å². The number of fused-ring (bicyclic) bond motifs is 2. The van der Waals surface area contributed by atoms with Gasteiger partial charge in [0, 0.05) is 39.1 Å². The fraction of sp³-hybridized carbons (Fsp3) is 0.0833. The van der Waals surface area contributed by atoms with Crippen LogP contribution in [-0.2, 0) is 0 Å². The summed E-state index contributed by atoms with van der Waals surface area (Å²) in [5, 5.41) is 6.02. The number of carbonyl (C=O) groups excluding carboxylic acids is 1. The molecule has 5 rings (SSSR count). The highest BCUT2D eigenvalue weighted by Crippen LogP contribution is 2.42. The van der Waals surface area contributed by atoms with E-state index in [4.69, 9.17) is 23.2 Å². The van der Waals surface area contributed by atoms with Crippen LogP contribution in [0.25, 0.3) is 5.70 Å². The largest absolute Gasteiger partial charge is 0.289 e. The van der Waals surface area contributed by atoms with E-state index in [1.165, 1.54) is 0 Å². The predicted octanol–water partition coefficient (Wildman–Crippen LogP) is 6.08. The molecule has 29 heavy (non-hydrogen) atoms. The summed E-state index contributed by atoms with van der Waals surface area (Å²) in [6.07, 6.45) is 0.592. The molecule has 1 aliphatic heterocycles. The molecule has 1 N–H and O–H groups in total. The monoisotopic (exact) mass is 418 g/mol. The number of hydrogen-bond acceptors (Lipinski definition) is 3. The Hall–Kier alpha value is -2.88. The van der Waals surface area contributed by atoms with E-state index in [0.29, 0.717) is 22.0 Å². The SMILES string of the molecule is O=C1C2=C(NN=C(c3ccc(Cl)cc3)CC2c2ccc(Cl)cc2)c2ccccc21. The minimum atomic E-state index is -0.133. The van der Waals surface area contributed by atoms with Crippen LogP contribution in [-0.4, -0.2) is 11.5 Å². The van der Waals surface area contributed by atoms with Crippen molar-refractivity contribution in [3.8, 4) is 0 Å². The maximum atomic E-state index is 13.3. The average molecular weight is 419 g/mol. The molecule has 142 valence electrons. The van der Waals surface area contributed by atoms with Gasteiger partial charge in [-0.25, -0.2) is 0 Å². The molecule has 1 atom stereocenters. The van der Waals surface area contributed by atoms with Crippen LogP contribution in [0.5, 0.6) is 0 Å². The summed E-state index contributed by atoms with van der Waals surface area (Å²) in [4.78, 5) is 13.3. The number of hydrogen-bond donors (Lipinski definition) is 1. The summed E-state index contributed by atoms with van der Waals surface area (Å²) >= 11 is 12.2. The first kappa shape index (κ1) is 18.2. The second-order valence-corrected chi connectivity index (χ2v) is 8.02. The van der Waals surface area contributed by atoms with Gasteiger partial charge in [-0.15, -0.1) is 0 Å². The minimum absolute atomic E-state index is 0.0515. The Kier molecular flexibility index (Phi) is 4.50. The third-order valence-corrected chi connectivity index (χ3v) is 5.96. The number of hydrazone groups is 1. The van der Waals surface area contributed by atoms with Crippen molar-refractivity contribution in [2.24, 2.45) is 5.10 Å². The van der Waals surface area contributed by atoms with Gasteiger partial charge in [-0.1, -0.05) is 71.7 Å². The van der Waals surface area contributed by atoms with Crippen molar-refractivity contribution in [3.63, 3.8) is 0 Å². The van der Waals surface area contributed by atoms with Gasteiger partial charge in [0.05, 0.1) is 11.4 Å². The van der Waals surface area contributed by atoms with E-state index in [-0.39, 0.29) is 11.7 Å². The zero-order valence-corrected chi connectivity index (χ0v) is 16.8. The second kappa shape index (κ2) is 7.18. The summed E-state index contributed by atoms with van der Waals surface area (Å²) in [6.45, 7) is 0. The molecule has 0 radical (unpaired) electrons. The standard InChI is InChI=1S/C24H16Cl2N2O/c25-16-9-5-14(6-10-16)20-13-21(15-7-11-17(26)12-8-15)27-28-23-18-3-1-2-4-19(18)24(29)22(20)23/h1-12,20,28H,13H2. The highest BCUT2D eigenvalue weighted by atomic mass is 35.5. The van der Waals surface area contributed by atoms with Crippen LogP contribution in [0.1, 0.15) is 39.4 Å². The van der Waals surface area contributed by atoms with Crippen LogP contribution >= 0.6 is 23.2 Å². The number of halogens is 2. The number of nitrogens with one attached hydrogen (secondary N) is 1. The normalized spacial score (nSPS) is 17.9. The van der Waals surface area contributed by atoms with Crippen LogP contribution < -0.4 is 5.43 Å². The number of rotatable bonds is 2. The van der Waals surface area contributed by atoms with Gasteiger partial charge >= 0.3 is 0 Å². The summed E-state index contributed by atoms with van der Waals surface area (Å²) in [5.41, 5.74) is 9.23. The molecule has 3 aromatic carbocycles. The second-order valence-electron chi connectivity index (χ2n) is 7.15. The topological polar surface area (TPSA) is 41.5 Å². The molecule has 0 saturated carbocycles. The maximum absolute atomic E-state index is 13.3. The summed E-state index contributed by atoms with van der Waals surface area (Å²) in [6, 6.07) is 23.0. The highest BCUT2D eigenvalue weighted by Gasteiger charge is 2.37. The number of carbonyl (C=O) groups is 1. The first-order valence-electron chi connectivity index (χ1n) is 9.34. The Bertz CT molecular complexity index is 1180. The maximum Gasteiger partial charge on any atom is 0.192 e. The molecule has 0 amide bonds. The molecule has 2 aliphatic rings. The van der Waals surface area contributed by atoms with Crippen molar-refractivity contribution in [1.29, 1.82) is 0 Å². The minimum Gasteiger partial charge on any atom is -0.289 e. The lowest BCUT2D eigenvalue weighted by atomic mass is 9.83. The van der Waals surface area contributed by atoms with Gasteiger partial charge in [0.2, 0.25) is 0 Å². The van der Waals surface area contributed by atoms with Crippen molar-refractivity contribution in [2.75, 3.05) is 0 Å². The van der Waals surface area contributed by atoms with Gasteiger partial charge in [0.15, 0.2) is 5.78 Å². The Balaban J connectivity index is 1.66. The van der Waals surface area contributed by atoms with Crippen LogP contribution in [0.15, 0.2) is 83.5 Å². The molecule has 0 saturated heterocycles. The molecular formula is C24H16Cl2N2O. The predicted molar refractivity (Wildman–Crippen MR) is 118 cm³/mol. The number of allylic oxidation sites excluding steroid dienone is 1. The Morgan fingerprint density at radius 1 is 0.828 bits per heavy atom. The van der Waals surface area contributed by atoms with Crippen molar-refractivity contribution >= 4 is 40.4 Å². The fourth-order valence-corrected chi connectivity index (χ4v) is 4.28. The van der Waals surface area contributed by atoms with Crippen LogP contribution in [0, 0.1) is 0 Å². The van der Waals surface area contributed by atoms with E-state index in [9.17, 15) is 4.79 Å². The van der Waals surface area contributed by atoms with Crippen molar-refractivity contribution in [2.45, 2.75) is 12.3 Å². The molecule has 0 bridgehead atoms. The molecule has 1 unspecified atom stereocenters. The van der Waals surface area contributed by atoms with E-state index >= 15 is 0 Å². The van der Waals surface area contributed by atoms with Gasteiger partial charge in [0.25, 0.3) is 0 Å². The third kappa shape index (κ3) is 3.17. The molecule has 3 aromatic rings. The molecule has 0 spiro atoms. The Morgan fingerprint density at radius 2 is 1.45 bits per heavy atom. The smallest absolute Gasteiger partial charge is 0.192 e. The summed E-state index contributed by atoms with van der Waals surface area (Å²) in [7, 11) is 0. The van der Waals surface area contributed by atoms with Crippen LogP contribution in [0.3, 0.4) is 0 Å². The molecular weight excluding hydrogens is 403 g/mol. The zero-order chi connectivity index (χ0) is 20.0. The molecule has 5 heteroatoms. The highest BCUT2D eigenvalue weighted by molar-refractivity contribution is 6.31.